The Hall–Kier alpha value is -1.27. The van der Waals surface area contributed by atoms with Crippen LogP contribution in [0.1, 0.15) is 19.4 Å². The molecule has 0 saturated carbocycles. The predicted molar refractivity (Wildman–Crippen MR) is 73.2 cm³/mol. The molecule has 6 heteroatoms. The van der Waals surface area contributed by atoms with Gasteiger partial charge in [0.05, 0.1) is 18.3 Å². The largest absolute Gasteiger partial charge is 0.490 e. The van der Waals surface area contributed by atoms with Crippen molar-refractivity contribution in [2.24, 2.45) is 10.9 Å². The Balaban J connectivity index is 2.70. The molecule has 0 fully saturated rings. The molecule has 0 saturated heterocycles. The zero-order valence-electron chi connectivity index (χ0n) is 10.4. The number of benzene rings is 1. The molecule has 100 valence electrons. The van der Waals surface area contributed by atoms with Crippen LogP contribution in [-0.2, 0) is 4.74 Å². The molecule has 0 radical (unpaired) electrons. The van der Waals surface area contributed by atoms with Crippen molar-refractivity contribution in [1.82, 2.24) is 0 Å². The summed E-state index contributed by atoms with van der Waals surface area (Å²) < 4.78 is 11.7. The van der Waals surface area contributed by atoms with Gasteiger partial charge in [-0.05, 0) is 32.0 Å². The lowest BCUT2D eigenvalue weighted by Crippen LogP contribution is -2.17. The van der Waals surface area contributed by atoms with Crippen molar-refractivity contribution in [1.29, 1.82) is 0 Å². The maximum atomic E-state index is 8.72. The second-order valence-corrected chi connectivity index (χ2v) is 4.81. The summed E-state index contributed by atoms with van der Waals surface area (Å²) in [6, 6.07) is 5.31. The highest BCUT2D eigenvalue weighted by atomic mass is 79.9. The fraction of sp³-hybridized carbons (Fsp3) is 0.417. The van der Waals surface area contributed by atoms with Gasteiger partial charge >= 0.3 is 0 Å². The van der Waals surface area contributed by atoms with Crippen LogP contribution in [0, 0.1) is 0 Å². The molecule has 0 atom stereocenters. The van der Waals surface area contributed by atoms with E-state index in [2.05, 4.69) is 21.1 Å². The molecule has 0 unspecified atom stereocenters. The van der Waals surface area contributed by atoms with E-state index in [9.17, 15) is 0 Å². The third-order valence-electron chi connectivity index (χ3n) is 2.12. The smallest absolute Gasteiger partial charge is 0.173 e. The van der Waals surface area contributed by atoms with Crippen molar-refractivity contribution in [3.63, 3.8) is 0 Å². The Morgan fingerprint density at radius 3 is 2.78 bits per heavy atom. The summed E-state index contributed by atoms with van der Waals surface area (Å²) in [6.07, 6.45) is 0.169. The lowest BCUT2D eigenvalue weighted by atomic mass is 10.2. The molecular formula is C12H17BrN2O3. The lowest BCUT2D eigenvalue weighted by molar-refractivity contribution is 0.0552. The van der Waals surface area contributed by atoms with Gasteiger partial charge in [0.1, 0.15) is 12.4 Å². The summed E-state index contributed by atoms with van der Waals surface area (Å²) >= 11 is 3.32. The van der Waals surface area contributed by atoms with Crippen molar-refractivity contribution in [3.8, 4) is 5.75 Å². The molecule has 3 N–H and O–H groups in total. The summed E-state index contributed by atoms with van der Waals surface area (Å²) in [4.78, 5) is 0. The van der Waals surface area contributed by atoms with Gasteiger partial charge in [-0.2, -0.15) is 0 Å². The van der Waals surface area contributed by atoms with E-state index in [4.69, 9.17) is 20.4 Å². The minimum atomic E-state index is 0.0103. The fourth-order valence-corrected chi connectivity index (χ4v) is 1.68. The topological polar surface area (TPSA) is 77.1 Å². The maximum Gasteiger partial charge on any atom is 0.173 e. The molecule has 0 aromatic heterocycles. The van der Waals surface area contributed by atoms with Crippen molar-refractivity contribution in [3.05, 3.63) is 28.2 Å². The second kappa shape index (κ2) is 7.23. The Bertz CT molecular complexity index is 422. The third-order valence-corrected chi connectivity index (χ3v) is 2.61. The monoisotopic (exact) mass is 316 g/mol. The van der Waals surface area contributed by atoms with Gasteiger partial charge in [-0.3, -0.25) is 0 Å². The third kappa shape index (κ3) is 4.54. The van der Waals surface area contributed by atoms with Crippen LogP contribution in [0.2, 0.25) is 0 Å². The first-order valence-corrected chi connectivity index (χ1v) is 6.35. The van der Waals surface area contributed by atoms with Crippen LogP contribution < -0.4 is 10.5 Å². The van der Waals surface area contributed by atoms with Gasteiger partial charge in [-0.25, -0.2) is 0 Å². The average molecular weight is 317 g/mol. The first kappa shape index (κ1) is 14.8. The predicted octanol–water partition coefficient (Wildman–Crippen LogP) is 2.35. The van der Waals surface area contributed by atoms with Crippen LogP contribution >= 0.6 is 15.9 Å². The number of oxime groups is 1. The number of ether oxygens (including phenoxy) is 2. The molecule has 1 rings (SSSR count). The van der Waals surface area contributed by atoms with E-state index in [1.54, 1.807) is 12.1 Å². The molecule has 0 aliphatic heterocycles. The van der Waals surface area contributed by atoms with Gasteiger partial charge in [0, 0.05) is 4.47 Å². The molecule has 0 aliphatic rings. The van der Waals surface area contributed by atoms with E-state index < -0.39 is 0 Å². The SMILES string of the molecule is CC(C)OCCOc1ccc(Br)cc1/C(N)=N/O. The van der Waals surface area contributed by atoms with Crippen LogP contribution in [0.5, 0.6) is 5.75 Å². The van der Waals surface area contributed by atoms with Crippen LogP contribution in [0.25, 0.3) is 0 Å². The van der Waals surface area contributed by atoms with E-state index in [0.29, 0.717) is 24.5 Å². The minimum absolute atomic E-state index is 0.0103. The zero-order valence-corrected chi connectivity index (χ0v) is 12.0. The number of rotatable bonds is 6. The van der Waals surface area contributed by atoms with Crippen molar-refractivity contribution in [2.75, 3.05) is 13.2 Å². The summed E-state index contributed by atoms with van der Waals surface area (Å²) in [5.74, 6) is 0.567. The van der Waals surface area contributed by atoms with Crippen LogP contribution in [0.15, 0.2) is 27.8 Å². The molecule has 0 spiro atoms. The molecular weight excluding hydrogens is 300 g/mol. The van der Waals surface area contributed by atoms with Gasteiger partial charge in [-0.1, -0.05) is 21.1 Å². The highest BCUT2D eigenvalue weighted by Crippen LogP contribution is 2.23. The van der Waals surface area contributed by atoms with E-state index in [1.165, 1.54) is 0 Å². The Labute approximate surface area is 115 Å². The first-order chi connectivity index (χ1) is 8.54. The summed E-state index contributed by atoms with van der Waals surface area (Å²) in [7, 11) is 0. The van der Waals surface area contributed by atoms with Crippen LogP contribution in [0.3, 0.4) is 0 Å². The quantitative estimate of drug-likeness (QED) is 0.278. The molecule has 0 bridgehead atoms. The zero-order chi connectivity index (χ0) is 13.5. The average Bonchev–Trinajstić information content (AvgIpc) is 2.34. The number of hydrogen-bond donors (Lipinski definition) is 2. The van der Waals surface area contributed by atoms with Crippen LogP contribution in [0.4, 0.5) is 0 Å². The summed E-state index contributed by atoms with van der Waals surface area (Å²) in [5.41, 5.74) is 6.12. The molecule has 5 nitrogen and oxygen atoms in total. The first-order valence-electron chi connectivity index (χ1n) is 5.56. The molecule has 18 heavy (non-hydrogen) atoms. The molecule has 1 aromatic carbocycles. The van der Waals surface area contributed by atoms with Gasteiger partial charge in [-0.15, -0.1) is 0 Å². The lowest BCUT2D eigenvalue weighted by Gasteiger charge is -2.12. The Morgan fingerprint density at radius 1 is 1.44 bits per heavy atom. The molecule has 0 aliphatic carbocycles. The molecule has 1 aromatic rings. The van der Waals surface area contributed by atoms with E-state index in [-0.39, 0.29) is 11.9 Å². The molecule has 0 amide bonds. The Kier molecular flexibility index (Phi) is 5.94. The summed E-state index contributed by atoms with van der Waals surface area (Å²) in [6.45, 7) is 4.82. The maximum absolute atomic E-state index is 8.72. The number of amidine groups is 1. The fourth-order valence-electron chi connectivity index (χ4n) is 1.32. The standard InChI is InChI=1S/C12H17BrN2O3/c1-8(2)17-5-6-18-11-4-3-9(13)7-10(11)12(14)15-16/h3-4,7-8,16H,5-6H2,1-2H3,(H2,14,15). The number of halogens is 1. The Morgan fingerprint density at radius 2 is 2.17 bits per heavy atom. The van der Waals surface area contributed by atoms with Crippen molar-refractivity contribution in [2.45, 2.75) is 20.0 Å². The van der Waals surface area contributed by atoms with Crippen LogP contribution in [-0.4, -0.2) is 30.4 Å². The van der Waals surface area contributed by atoms with E-state index in [1.807, 2.05) is 19.9 Å². The highest BCUT2D eigenvalue weighted by Gasteiger charge is 2.09. The number of nitrogens with two attached hydrogens (primary N) is 1. The second-order valence-electron chi connectivity index (χ2n) is 3.89. The highest BCUT2D eigenvalue weighted by molar-refractivity contribution is 9.10. The van der Waals surface area contributed by atoms with Gasteiger partial charge in [0.15, 0.2) is 5.84 Å². The van der Waals surface area contributed by atoms with Gasteiger partial charge < -0.3 is 20.4 Å². The molecule has 0 heterocycles. The van der Waals surface area contributed by atoms with Gasteiger partial charge in [0.2, 0.25) is 0 Å². The van der Waals surface area contributed by atoms with Crippen molar-refractivity contribution < 1.29 is 14.7 Å². The summed E-state index contributed by atoms with van der Waals surface area (Å²) in [5, 5.41) is 11.7. The van der Waals surface area contributed by atoms with Crippen molar-refractivity contribution >= 4 is 21.8 Å². The minimum Gasteiger partial charge on any atom is -0.490 e. The van der Waals surface area contributed by atoms with Gasteiger partial charge in [0.25, 0.3) is 0 Å². The van der Waals surface area contributed by atoms with E-state index >= 15 is 0 Å². The normalized spacial score (nSPS) is 11.9. The number of nitrogens with zero attached hydrogens (tertiary/aromatic N) is 1. The van der Waals surface area contributed by atoms with E-state index in [0.717, 1.165) is 4.47 Å². The number of hydrogen-bond acceptors (Lipinski definition) is 4.